The van der Waals surface area contributed by atoms with Gasteiger partial charge in [-0.3, -0.25) is 4.79 Å². The summed E-state index contributed by atoms with van der Waals surface area (Å²) >= 11 is 1.69. The Labute approximate surface area is 167 Å². The van der Waals surface area contributed by atoms with Gasteiger partial charge in [0.1, 0.15) is 5.76 Å². The number of hydrogen-bond donors (Lipinski definition) is 0. The summed E-state index contributed by atoms with van der Waals surface area (Å²) in [5, 5.41) is 1.07. The molecule has 4 aromatic rings. The highest BCUT2D eigenvalue weighted by molar-refractivity contribution is 7.18. The average molecular weight is 392 g/mol. The molecule has 6 heteroatoms. The lowest BCUT2D eigenvalue weighted by atomic mass is 10.2. The first-order chi connectivity index (χ1) is 13.7. The lowest BCUT2D eigenvalue weighted by Gasteiger charge is -2.02. The molecule has 5 nitrogen and oxygen atoms in total. The van der Waals surface area contributed by atoms with E-state index in [1.807, 2.05) is 55.5 Å². The molecule has 0 radical (unpaired) electrons. The van der Waals surface area contributed by atoms with Crippen molar-refractivity contribution in [1.29, 1.82) is 0 Å². The first-order valence-electron chi connectivity index (χ1n) is 9.21. The number of nitrogens with zero attached hydrogens (tertiary/aromatic N) is 2. The van der Waals surface area contributed by atoms with Crippen molar-refractivity contribution < 1.29 is 13.9 Å². The minimum Gasteiger partial charge on any atom is -0.465 e. The van der Waals surface area contributed by atoms with Crippen molar-refractivity contribution in [2.45, 2.75) is 26.2 Å². The molecule has 2 aromatic heterocycles. The van der Waals surface area contributed by atoms with Gasteiger partial charge >= 0.3 is 5.97 Å². The Morgan fingerprint density at radius 3 is 2.68 bits per heavy atom. The van der Waals surface area contributed by atoms with E-state index in [1.165, 1.54) is 4.70 Å². The summed E-state index contributed by atoms with van der Waals surface area (Å²) < 4.78 is 12.2. The number of rotatable bonds is 7. The van der Waals surface area contributed by atoms with Crippen LogP contribution in [0.15, 0.2) is 59.0 Å². The normalized spacial score (nSPS) is 11.0. The molecule has 28 heavy (non-hydrogen) atoms. The summed E-state index contributed by atoms with van der Waals surface area (Å²) in [7, 11) is 0. The Hall–Kier alpha value is -2.99. The van der Waals surface area contributed by atoms with Crippen LogP contribution in [-0.4, -0.2) is 22.5 Å². The molecule has 0 atom stereocenters. The smallest absolute Gasteiger partial charge is 0.312 e. The van der Waals surface area contributed by atoms with Crippen LogP contribution in [0.3, 0.4) is 0 Å². The zero-order chi connectivity index (χ0) is 19.3. The van der Waals surface area contributed by atoms with E-state index in [0.717, 1.165) is 28.9 Å². The van der Waals surface area contributed by atoms with Gasteiger partial charge in [-0.1, -0.05) is 30.3 Å². The molecule has 0 unspecified atom stereocenters. The Morgan fingerprint density at radius 1 is 1.07 bits per heavy atom. The quantitative estimate of drug-likeness (QED) is 0.328. The van der Waals surface area contributed by atoms with E-state index in [-0.39, 0.29) is 12.4 Å². The number of aromatic nitrogens is 2. The molecular weight excluding hydrogens is 372 g/mol. The summed E-state index contributed by atoms with van der Waals surface area (Å²) in [6, 6.07) is 17.7. The zero-order valence-electron chi connectivity index (χ0n) is 15.6. The molecule has 0 saturated carbocycles. The highest BCUT2D eigenvalue weighted by Crippen LogP contribution is 2.23. The number of thiazole rings is 1. The number of aryl methyl sites for hydroxylation is 2. The number of hydrogen-bond acceptors (Lipinski definition) is 6. The minimum atomic E-state index is -0.291. The van der Waals surface area contributed by atoms with E-state index in [9.17, 15) is 4.79 Å². The van der Waals surface area contributed by atoms with Crippen molar-refractivity contribution in [3.05, 3.63) is 71.1 Å². The molecule has 0 amide bonds. The number of benzene rings is 2. The van der Waals surface area contributed by atoms with Crippen LogP contribution in [0.5, 0.6) is 0 Å². The maximum Gasteiger partial charge on any atom is 0.312 e. The van der Waals surface area contributed by atoms with Gasteiger partial charge in [0.15, 0.2) is 0 Å². The Bertz CT molecular complexity index is 1050. The number of oxazole rings is 1. The highest BCUT2D eigenvalue weighted by Gasteiger charge is 2.15. The highest BCUT2D eigenvalue weighted by atomic mass is 32.1. The van der Waals surface area contributed by atoms with E-state index in [2.05, 4.69) is 16.0 Å². The van der Waals surface area contributed by atoms with Gasteiger partial charge in [0.2, 0.25) is 5.89 Å². The maximum atomic E-state index is 12.1. The summed E-state index contributed by atoms with van der Waals surface area (Å²) in [6.07, 6.45) is 1.66. The van der Waals surface area contributed by atoms with Crippen molar-refractivity contribution in [2.75, 3.05) is 6.61 Å². The fourth-order valence-corrected chi connectivity index (χ4v) is 3.93. The largest absolute Gasteiger partial charge is 0.465 e. The monoisotopic (exact) mass is 392 g/mol. The molecule has 0 aliphatic carbocycles. The van der Waals surface area contributed by atoms with Gasteiger partial charge in [-0.15, -0.1) is 11.3 Å². The molecule has 0 saturated heterocycles. The van der Waals surface area contributed by atoms with Crippen LogP contribution in [0.2, 0.25) is 0 Å². The van der Waals surface area contributed by atoms with Gasteiger partial charge in [-0.2, -0.15) is 0 Å². The second-order valence-electron chi connectivity index (χ2n) is 6.46. The fourth-order valence-electron chi connectivity index (χ4n) is 2.92. The van der Waals surface area contributed by atoms with Crippen LogP contribution in [0.1, 0.15) is 22.9 Å². The second-order valence-corrected chi connectivity index (χ2v) is 7.58. The van der Waals surface area contributed by atoms with Crippen molar-refractivity contribution in [2.24, 2.45) is 0 Å². The van der Waals surface area contributed by atoms with Crippen LogP contribution in [-0.2, 0) is 22.4 Å². The maximum absolute atomic E-state index is 12.1. The van der Waals surface area contributed by atoms with E-state index >= 15 is 0 Å². The number of fused-ring (bicyclic) bond motifs is 1. The van der Waals surface area contributed by atoms with Gasteiger partial charge in [0.25, 0.3) is 0 Å². The number of ether oxygens (including phenoxy) is 1. The lowest BCUT2D eigenvalue weighted by molar-refractivity contribution is -0.143. The summed E-state index contributed by atoms with van der Waals surface area (Å²) in [5.41, 5.74) is 2.53. The van der Waals surface area contributed by atoms with Gasteiger partial charge in [-0.25, -0.2) is 9.97 Å². The standard InChI is InChI=1S/C22H20N2O3S/c1-15-18(24-22(27-15)16-8-3-2-4-9-16)14-21(25)26-13-7-12-20-23-17-10-5-6-11-19(17)28-20/h2-6,8-11H,7,12-14H2,1H3. The Kier molecular flexibility index (Phi) is 5.48. The van der Waals surface area contributed by atoms with Gasteiger partial charge in [-0.05, 0) is 37.6 Å². The van der Waals surface area contributed by atoms with Gasteiger partial charge < -0.3 is 9.15 Å². The molecule has 0 bridgehead atoms. The van der Waals surface area contributed by atoms with Crippen molar-refractivity contribution in [1.82, 2.24) is 9.97 Å². The zero-order valence-corrected chi connectivity index (χ0v) is 16.4. The molecular formula is C22H20N2O3S. The van der Waals surface area contributed by atoms with Crippen molar-refractivity contribution in [3.8, 4) is 11.5 Å². The number of esters is 1. The van der Waals surface area contributed by atoms with Crippen molar-refractivity contribution >= 4 is 27.5 Å². The summed E-state index contributed by atoms with van der Waals surface area (Å²) in [5.74, 6) is 0.877. The fraction of sp³-hybridized carbons (Fsp3) is 0.227. The Morgan fingerprint density at radius 2 is 1.86 bits per heavy atom. The third kappa shape index (κ3) is 4.28. The molecule has 0 aliphatic heterocycles. The lowest BCUT2D eigenvalue weighted by Crippen LogP contribution is -2.10. The van der Waals surface area contributed by atoms with E-state index in [4.69, 9.17) is 9.15 Å². The first kappa shape index (κ1) is 18.4. The molecule has 0 N–H and O–H groups in total. The molecule has 0 aliphatic rings. The van der Waals surface area contributed by atoms with Crippen LogP contribution < -0.4 is 0 Å². The molecule has 2 aromatic carbocycles. The first-order valence-corrected chi connectivity index (χ1v) is 10.0. The SMILES string of the molecule is Cc1oc(-c2ccccc2)nc1CC(=O)OCCCc1nc2ccccc2s1. The molecule has 2 heterocycles. The van der Waals surface area contributed by atoms with E-state index in [0.29, 0.717) is 24.0 Å². The molecule has 0 spiro atoms. The predicted octanol–water partition coefficient (Wildman–Crippen LogP) is 4.98. The van der Waals surface area contributed by atoms with Crippen LogP contribution >= 0.6 is 11.3 Å². The predicted molar refractivity (Wildman–Crippen MR) is 109 cm³/mol. The van der Waals surface area contributed by atoms with Gasteiger partial charge in [0, 0.05) is 12.0 Å². The summed E-state index contributed by atoms with van der Waals surface area (Å²) in [4.78, 5) is 21.2. The summed E-state index contributed by atoms with van der Waals surface area (Å²) in [6.45, 7) is 2.19. The Balaban J connectivity index is 1.27. The number of carbonyl (C=O) groups excluding carboxylic acids is 1. The third-order valence-electron chi connectivity index (χ3n) is 4.36. The topological polar surface area (TPSA) is 65.2 Å². The number of carbonyl (C=O) groups is 1. The van der Waals surface area contributed by atoms with E-state index < -0.39 is 0 Å². The van der Waals surface area contributed by atoms with Gasteiger partial charge in [0.05, 0.1) is 33.9 Å². The third-order valence-corrected chi connectivity index (χ3v) is 5.46. The van der Waals surface area contributed by atoms with Crippen LogP contribution in [0.25, 0.3) is 21.7 Å². The van der Waals surface area contributed by atoms with E-state index in [1.54, 1.807) is 11.3 Å². The van der Waals surface area contributed by atoms with Crippen molar-refractivity contribution in [3.63, 3.8) is 0 Å². The molecule has 0 fully saturated rings. The number of para-hydroxylation sites is 1. The van der Waals surface area contributed by atoms with Crippen LogP contribution in [0.4, 0.5) is 0 Å². The molecule has 4 rings (SSSR count). The second kappa shape index (κ2) is 8.35. The minimum absolute atomic E-state index is 0.114. The average Bonchev–Trinajstić information content (AvgIpc) is 3.29. The molecule has 142 valence electrons. The van der Waals surface area contributed by atoms with Crippen LogP contribution in [0, 0.1) is 6.92 Å².